The van der Waals surface area contributed by atoms with Gasteiger partial charge in [-0.15, -0.1) is 0 Å². The number of rotatable bonds is 5. The fourth-order valence-electron chi connectivity index (χ4n) is 2.64. The molecule has 0 aliphatic heterocycles. The predicted octanol–water partition coefficient (Wildman–Crippen LogP) is 5.69. The lowest BCUT2D eigenvalue weighted by molar-refractivity contribution is -0.383. The summed E-state index contributed by atoms with van der Waals surface area (Å²) < 4.78 is 15.6. The van der Waals surface area contributed by atoms with E-state index in [0.717, 1.165) is 22.1 Å². The lowest BCUT2D eigenvalue weighted by atomic mass is 10.2. The minimum Gasteiger partial charge on any atom is -0.332 e. The zero-order valence-corrected chi connectivity index (χ0v) is 17.2. The monoisotopic (exact) mass is 474 g/mol. The first-order chi connectivity index (χ1) is 13.9. The van der Waals surface area contributed by atoms with Gasteiger partial charge in [-0.3, -0.25) is 10.1 Å². The highest BCUT2D eigenvalue weighted by Crippen LogP contribution is 2.36. The molecule has 0 aliphatic rings. The van der Waals surface area contributed by atoms with Crippen molar-refractivity contribution in [1.29, 1.82) is 0 Å². The van der Waals surface area contributed by atoms with Crippen LogP contribution in [0.3, 0.4) is 0 Å². The van der Waals surface area contributed by atoms with Gasteiger partial charge in [0.05, 0.1) is 20.8 Å². The summed E-state index contributed by atoms with van der Waals surface area (Å²) in [5, 5.41) is 17.7. The molecule has 0 saturated heterocycles. The smallest absolute Gasteiger partial charge is 0.332 e. The summed E-state index contributed by atoms with van der Waals surface area (Å²) in [7, 11) is 0. The van der Waals surface area contributed by atoms with E-state index in [-0.39, 0.29) is 17.3 Å². The number of fused-ring (bicyclic) bond motifs is 1. The number of anilines is 4. The highest BCUT2D eigenvalue weighted by atomic mass is 79.9. The average molecular weight is 475 g/mol. The van der Waals surface area contributed by atoms with Crippen molar-refractivity contribution in [2.24, 2.45) is 0 Å². The maximum atomic E-state index is 14.1. The van der Waals surface area contributed by atoms with Gasteiger partial charge in [-0.1, -0.05) is 33.3 Å². The molecule has 0 amide bonds. The van der Waals surface area contributed by atoms with Crippen LogP contribution in [0.2, 0.25) is 0 Å². The molecule has 0 saturated carbocycles. The summed E-state index contributed by atoms with van der Waals surface area (Å²) in [4.78, 5) is 23.4. The summed E-state index contributed by atoms with van der Waals surface area (Å²) >= 11 is 4.52. The van der Waals surface area contributed by atoms with E-state index < -0.39 is 16.4 Å². The van der Waals surface area contributed by atoms with Crippen molar-refractivity contribution in [2.75, 3.05) is 10.6 Å². The fourth-order valence-corrected chi connectivity index (χ4v) is 3.94. The van der Waals surface area contributed by atoms with Crippen LogP contribution in [0.15, 0.2) is 47.2 Å². The molecule has 0 aliphatic carbocycles. The minimum absolute atomic E-state index is 0.0409. The zero-order valence-electron chi connectivity index (χ0n) is 14.8. The van der Waals surface area contributed by atoms with Crippen molar-refractivity contribution < 1.29 is 9.31 Å². The van der Waals surface area contributed by atoms with Crippen LogP contribution in [0.4, 0.5) is 32.5 Å². The van der Waals surface area contributed by atoms with E-state index in [1.54, 1.807) is 6.07 Å². The molecular formula is C18H12BrFN6O2S. The maximum Gasteiger partial charge on any atom is 0.353 e. The van der Waals surface area contributed by atoms with E-state index in [9.17, 15) is 14.5 Å². The Labute approximate surface area is 176 Å². The fraction of sp³-hybridized carbons (Fsp3) is 0.0556. The van der Waals surface area contributed by atoms with Crippen LogP contribution in [-0.2, 0) is 0 Å². The van der Waals surface area contributed by atoms with Crippen LogP contribution < -0.4 is 10.6 Å². The van der Waals surface area contributed by atoms with E-state index in [0.29, 0.717) is 9.60 Å². The number of aromatic nitrogens is 3. The Kier molecular flexibility index (Phi) is 5.07. The van der Waals surface area contributed by atoms with Crippen molar-refractivity contribution in [3.8, 4) is 0 Å². The van der Waals surface area contributed by atoms with Crippen molar-refractivity contribution in [1.82, 2.24) is 15.0 Å². The molecule has 2 N–H and O–H groups in total. The van der Waals surface area contributed by atoms with Crippen LogP contribution in [0.1, 0.15) is 5.56 Å². The summed E-state index contributed by atoms with van der Waals surface area (Å²) in [5.74, 6) is -0.755. The van der Waals surface area contributed by atoms with E-state index in [4.69, 9.17) is 0 Å². The molecule has 4 rings (SSSR count). The molecule has 4 aromatic rings. The van der Waals surface area contributed by atoms with Crippen molar-refractivity contribution >= 4 is 65.6 Å². The molecular weight excluding hydrogens is 463 g/mol. The SMILES string of the molecule is Cc1ccc2nc(Nc3ncnc(Nc4ccc(Br)cc4F)c3[N+](=O)[O-])sc2c1. The second-order valence-corrected chi connectivity index (χ2v) is 7.99. The number of nitrogens with zero attached hydrogens (tertiary/aromatic N) is 4. The van der Waals surface area contributed by atoms with Gasteiger partial charge in [0.2, 0.25) is 11.6 Å². The maximum absolute atomic E-state index is 14.1. The standard InChI is InChI=1S/C18H12BrFN6O2S/c1-9-2-4-13-14(6-9)29-18(24-13)25-17-15(26(27)28)16(21-8-22-17)23-12-5-3-10(19)7-11(12)20/h2-8H,1H3,(H2,21,22,23,24,25). The van der Waals surface area contributed by atoms with Gasteiger partial charge in [0.15, 0.2) is 5.13 Å². The van der Waals surface area contributed by atoms with Gasteiger partial charge in [0.1, 0.15) is 12.1 Å². The number of aryl methyl sites for hydroxylation is 1. The number of halogens is 2. The Morgan fingerprint density at radius 2 is 1.90 bits per heavy atom. The topological polar surface area (TPSA) is 106 Å². The first kappa shape index (κ1) is 19.2. The Morgan fingerprint density at radius 1 is 1.14 bits per heavy atom. The minimum atomic E-state index is -0.626. The highest BCUT2D eigenvalue weighted by molar-refractivity contribution is 9.10. The molecule has 2 aromatic heterocycles. The Hall–Kier alpha value is -3.18. The quantitative estimate of drug-likeness (QED) is 0.282. The number of nitro groups is 1. The van der Waals surface area contributed by atoms with Gasteiger partial charge in [0, 0.05) is 4.47 Å². The Bertz CT molecular complexity index is 1250. The summed E-state index contributed by atoms with van der Waals surface area (Å²) in [6.45, 7) is 1.97. The number of benzene rings is 2. The second kappa shape index (κ2) is 7.68. The molecule has 0 radical (unpaired) electrons. The first-order valence-electron chi connectivity index (χ1n) is 8.26. The average Bonchev–Trinajstić information content (AvgIpc) is 3.05. The number of hydrogen-bond acceptors (Lipinski definition) is 8. The lowest BCUT2D eigenvalue weighted by Gasteiger charge is -2.09. The number of hydrogen-bond donors (Lipinski definition) is 2. The van der Waals surface area contributed by atoms with E-state index in [1.165, 1.54) is 23.5 Å². The van der Waals surface area contributed by atoms with Crippen LogP contribution in [0.5, 0.6) is 0 Å². The van der Waals surface area contributed by atoms with Crippen LogP contribution in [0.25, 0.3) is 10.2 Å². The molecule has 2 aromatic carbocycles. The molecule has 0 atom stereocenters. The van der Waals surface area contributed by atoms with Crippen molar-refractivity contribution in [3.63, 3.8) is 0 Å². The first-order valence-corrected chi connectivity index (χ1v) is 9.87. The second-order valence-electron chi connectivity index (χ2n) is 6.04. The van der Waals surface area contributed by atoms with Crippen LogP contribution in [-0.4, -0.2) is 19.9 Å². The van der Waals surface area contributed by atoms with Gasteiger partial charge in [-0.05, 0) is 42.8 Å². The molecule has 0 unspecified atom stereocenters. The normalized spacial score (nSPS) is 10.9. The molecule has 8 nitrogen and oxygen atoms in total. The van der Waals surface area contributed by atoms with Crippen LogP contribution in [0, 0.1) is 22.9 Å². The van der Waals surface area contributed by atoms with Gasteiger partial charge < -0.3 is 10.6 Å². The zero-order chi connectivity index (χ0) is 20.5. The summed E-state index contributed by atoms with van der Waals surface area (Å²) in [6.07, 6.45) is 1.16. The van der Waals surface area contributed by atoms with Crippen molar-refractivity contribution in [2.45, 2.75) is 6.92 Å². The number of nitrogens with one attached hydrogen (secondary N) is 2. The largest absolute Gasteiger partial charge is 0.353 e. The third-order valence-corrected chi connectivity index (χ3v) is 5.39. The van der Waals surface area contributed by atoms with Gasteiger partial charge >= 0.3 is 5.69 Å². The van der Waals surface area contributed by atoms with Crippen LogP contribution >= 0.6 is 27.3 Å². The van der Waals surface area contributed by atoms with Gasteiger partial charge in [-0.25, -0.2) is 19.3 Å². The molecule has 2 heterocycles. The van der Waals surface area contributed by atoms with Gasteiger partial charge in [0.25, 0.3) is 0 Å². The third kappa shape index (κ3) is 4.00. The molecule has 0 fully saturated rings. The van der Waals surface area contributed by atoms with Crippen molar-refractivity contribution in [3.05, 3.63) is 68.7 Å². The Balaban J connectivity index is 1.71. The lowest BCUT2D eigenvalue weighted by Crippen LogP contribution is -2.06. The summed E-state index contributed by atoms with van der Waals surface area (Å²) in [6, 6.07) is 10.1. The van der Waals surface area contributed by atoms with E-state index in [1.807, 2.05) is 25.1 Å². The van der Waals surface area contributed by atoms with E-state index >= 15 is 0 Å². The molecule has 0 spiro atoms. The highest BCUT2D eigenvalue weighted by Gasteiger charge is 2.24. The molecule has 11 heteroatoms. The third-order valence-electron chi connectivity index (χ3n) is 3.96. The molecule has 146 valence electrons. The molecule has 29 heavy (non-hydrogen) atoms. The van der Waals surface area contributed by atoms with Gasteiger partial charge in [-0.2, -0.15) is 0 Å². The number of thiazole rings is 1. The Morgan fingerprint density at radius 3 is 2.62 bits per heavy atom. The molecule has 0 bridgehead atoms. The van der Waals surface area contributed by atoms with E-state index in [2.05, 4.69) is 41.5 Å². The summed E-state index contributed by atoms with van der Waals surface area (Å²) in [5.41, 5.74) is 1.50. The predicted molar refractivity (Wildman–Crippen MR) is 114 cm³/mol.